The van der Waals surface area contributed by atoms with Crippen LogP contribution in [0.4, 0.5) is 5.69 Å². The van der Waals surface area contributed by atoms with Gasteiger partial charge in [-0.25, -0.2) is 4.79 Å². The first-order valence-corrected chi connectivity index (χ1v) is 12.7. The lowest BCUT2D eigenvalue weighted by atomic mass is 9.84. The van der Waals surface area contributed by atoms with Gasteiger partial charge in [0, 0.05) is 17.6 Å². The Morgan fingerprint density at radius 2 is 1.59 bits per heavy atom. The Morgan fingerprint density at radius 1 is 0.946 bits per heavy atom. The molecule has 37 heavy (non-hydrogen) atoms. The number of carbonyl (C=O) groups excluding carboxylic acids is 4. The highest BCUT2D eigenvalue weighted by atomic mass is 35.5. The first kappa shape index (κ1) is 26.8. The number of rotatable bonds is 6. The smallest absolute Gasteiger partial charge is 0.338 e. The monoisotopic (exact) mass is 525 g/mol. The number of fused-ring (bicyclic) bond motifs is 2. The number of halogens is 1. The number of carbonyl (C=O) groups is 4. The van der Waals surface area contributed by atoms with Crippen molar-refractivity contribution >= 4 is 41.8 Å². The lowest BCUT2D eigenvalue weighted by molar-refractivity contribution is -0.119. The third-order valence-corrected chi connectivity index (χ3v) is 7.64. The Balaban J connectivity index is 0.00000320. The van der Waals surface area contributed by atoms with Gasteiger partial charge in [-0.3, -0.25) is 24.2 Å². The molecule has 0 spiro atoms. The van der Waals surface area contributed by atoms with Crippen molar-refractivity contribution in [1.82, 2.24) is 9.80 Å². The zero-order valence-corrected chi connectivity index (χ0v) is 21.7. The molecule has 8 nitrogen and oxygen atoms in total. The van der Waals surface area contributed by atoms with E-state index >= 15 is 0 Å². The average Bonchev–Trinajstić information content (AvgIpc) is 3.16. The third-order valence-electron chi connectivity index (χ3n) is 7.64. The van der Waals surface area contributed by atoms with Gasteiger partial charge in [0.15, 0.2) is 0 Å². The Kier molecular flexibility index (Phi) is 8.29. The molecule has 1 N–H and O–H groups in total. The van der Waals surface area contributed by atoms with Crippen LogP contribution >= 0.6 is 12.4 Å². The Bertz CT molecular complexity index is 1150. The quantitative estimate of drug-likeness (QED) is 0.449. The molecule has 9 heteroatoms. The van der Waals surface area contributed by atoms with Crippen molar-refractivity contribution in [2.24, 2.45) is 5.92 Å². The van der Waals surface area contributed by atoms with Crippen molar-refractivity contribution < 1.29 is 23.9 Å². The van der Waals surface area contributed by atoms with Gasteiger partial charge < -0.3 is 10.1 Å². The Labute approximate surface area is 222 Å². The number of nitrogens with zero attached hydrogens (tertiary/aromatic N) is 2. The van der Waals surface area contributed by atoms with E-state index in [0.717, 1.165) is 30.8 Å². The normalized spacial score (nSPS) is 21.9. The highest BCUT2D eigenvalue weighted by molar-refractivity contribution is 6.23. The summed E-state index contributed by atoms with van der Waals surface area (Å²) in [5.41, 5.74) is 1.48. The topological polar surface area (TPSA) is 96.0 Å². The summed E-state index contributed by atoms with van der Waals surface area (Å²) in [7, 11) is 0. The molecule has 3 aliphatic heterocycles. The van der Waals surface area contributed by atoms with Gasteiger partial charge in [0.25, 0.3) is 11.8 Å². The number of anilines is 1. The molecule has 5 rings (SSSR count). The molecule has 0 bridgehead atoms. The second-order valence-corrected chi connectivity index (χ2v) is 9.87. The van der Waals surface area contributed by atoms with Gasteiger partial charge in [-0.1, -0.05) is 18.6 Å². The lowest BCUT2D eigenvalue weighted by Crippen LogP contribution is -2.49. The minimum absolute atomic E-state index is 0. The molecule has 2 aromatic rings. The van der Waals surface area contributed by atoms with Crippen molar-refractivity contribution in [3.8, 4) is 0 Å². The summed E-state index contributed by atoms with van der Waals surface area (Å²) in [6, 6.07) is 12.5. The van der Waals surface area contributed by atoms with Crippen LogP contribution in [0.1, 0.15) is 70.1 Å². The highest BCUT2D eigenvalue weighted by Gasteiger charge is 2.40. The van der Waals surface area contributed by atoms with Gasteiger partial charge in [0.2, 0.25) is 5.91 Å². The molecule has 3 atom stereocenters. The molecule has 0 saturated carbocycles. The minimum atomic E-state index is -0.989. The summed E-state index contributed by atoms with van der Waals surface area (Å²) in [6.45, 7) is 4.24. The molecule has 3 aliphatic rings. The summed E-state index contributed by atoms with van der Waals surface area (Å²) in [5.74, 6) is -1.45. The van der Waals surface area contributed by atoms with Crippen molar-refractivity contribution in [3.05, 3.63) is 65.2 Å². The fourth-order valence-corrected chi connectivity index (χ4v) is 5.65. The molecule has 0 aliphatic carbocycles. The summed E-state index contributed by atoms with van der Waals surface area (Å²) in [4.78, 5) is 54.3. The predicted molar refractivity (Wildman–Crippen MR) is 141 cm³/mol. The van der Waals surface area contributed by atoms with Crippen LogP contribution in [-0.4, -0.2) is 65.3 Å². The maximum absolute atomic E-state index is 12.8. The van der Waals surface area contributed by atoms with E-state index in [0.29, 0.717) is 40.9 Å². The van der Waals surface area contributed by atoms with E-state index < -0.39 is 23.8 Å². The van der Waals surface area contributed by atoms with Gasteiger partial charge in [-0.05, 0) is 82.1 Å². The second-order valence-electron chi connectivity index (χ2n) is 9.87. The van der Waals surface area contributed by atoms with Gasteiger partial charge in [-0.2, -0.15) is 0 Å². The number of hydrogen-bond donors (Lipinski definition) is 1. The van der Waals surface area contributed by atoms with Crippen molar-refractivity contribution in [1.29, 1.82) is 0 Å². The number of imide groups is 1. The second kappa shape index (κ2) is 11.4. The standard InChI is InChI=1S/C28H31N3O5.ClH/c1-18(31-26(33)22-8-2-3-9-23(22)27(31)34)25(32)29-21-13-11-19(12-14-21)28(35)36-17-20-7-6-16-30-15-5-4-10-24(20)30;/h2-3,8-9,11-14,18,20,24H,4-7,10,15-17H2,1H3,(H,29,32);1H/t18?,20-,24+;/m0./s1. The van der Waals surface area contributed by atoms with Crippen LogP contribution in [0.2, 0.25) is 0 Å². The summed E-state index contributed by atoms with van der Waals surface area (Å²) < 4.78 is 5.66. The zero-order valence-electron chi connectivity index (χ0n) is 20.9. The average molecular weight is 526 g/mol. The maximum atomic E-state index is 12.8. The molecule has 0 radical (unpaired) electrons. The summed E-state index contributed by atoms with van der Waals surface area (Å²) in [6.07, 6.45) is 5.90. The maximum Gasteiger partial charge on any atom is 0.338 e. The van der Waals surface area contributed by atoms with Gasteiger partial charge in [0.1, 0.15) is 6.04 Å². The summed E-state index contributed by atoms with van der Waals surface area (Å²) in [5, 5.41) is 2.72. The number of ether oxygens (including phenoxy) is 1. The van der Waals surface area contributed by atoms with Crippen molar-refractivity contribution in [2.75, 3.05) is 25.0 Å². The van der Waals surface area contributed by atoms with Gasteiger partial charge >= 0.3 is 5.97 Å². The predicted octanol–water partition coefficient (Wildman–Crippen LogP) is 4.15. The molecule has 3 heterocycles. The van der Waals surface area contributed by atoms with Crippen LogP contribution in [0, 0.1) is 5.92 Å². The number of esters is 1. The molecular formula is C28H32ClN3O5. The molecule has 3 amide bonds. The van der Waals surface area contributed by atoms with E-state index in [2.05, 4.69) is 10.2 Å². The molecule has 2 aromatic carbocycles. The van der Waals surface area contributed by atoms with E-state index in [9.17, 15) is 19.2 Å². The van der Waals surface area contributed by atoms with E-state index in [1.807, 2.05) is 0 Å². The van der Waals surface area contributed by atoms with E-state index in [1.54, 1.807) is 48.5 Å². The summed E-state index contributed by atoms with van der Waals surface area (Å²) >= 11 is 0. The molecule has 2 fully saturated rings. The van der Waals surface area contributed by atoms with Crippen molar-refractivity contribution in [3.63, 3.8) is 0 Å². The van der Waals surface area contributed by atoms with Gasteiger partial charge in [0.05, 0.1) is 23.3 Å². The molecule has 2 saturated heterocycles. The number of piperidine rings is 2. The Morgan fingerprint density at radius 3 is 2.27 bits per heavy atom. The highest BCUT2D eigenvalue weighted by Crippen LogP contribution is 2.31. The lowest BCUT2D eigenvalue weighted by Gasteiger charge is -2.44. The first-order chi connectivity index (χ1) is 17.4. The zero-order chi connectivity index (χ0) is 25.2. The SMILES string of the molecule is CC(C(=O)Nc1ccc(C(=O)OC[C@@H]2CCCN3CCCC[C@H]23)cc1)N1C(=O)c2ccccc2C1=O.Cl. The minimum Gasteiger partial charge on any atom is -0.462 e. The number of benzene rings is 2. The van der Waals surface area contributed by atoms with Crippen molar-refractivity contribution in [2.45, 2.75) is 51.1 Å². The first-order valence-electron chi connectivity index (χ1n) is 12.7. The van der Waals surface area contributed by atoms with Crippen LogP contribution < -0.4 is 5.32 Å². The van der Waals surface area contributed by atoms with Gasteiger partial charge in [-0.15, -0.1) is 12.4 Å². The van der Waals surface area contributed by atoms with Crippen LogP contribution in [0.25, 0.3) is 0 Å². The fourth-order valence-electron chi connectivity index (χ4n) is 5.65. The largest absolute Gasteiger partial charge is 0.462 e. The van der Waals surface area contributed by atoms with E-state index in [1.165, 1.54) is 26.2 Å². The molecule has 0 aromatic heterocycles. The molecule has 1 unspecified atom stereocenters. The number of hydrogen-bond acceptors (Lipinski definition) is 6. The fraction of sp³-hybridized carbons (Fsp3) is 0.429. The van der Waals surface area contributed by atoms with E-state index in [4.69, 9.17) is 4.74 Å². The number of amides is 3. The van der Waals surface area contributed by atoms with Crippen LogP contribution in [0.15, 0.2) is 48.5 Å². The Hall–Kier alpha value is -3.23. The third kappa shape index (κ3) is 5.40. The van der Waals surface area contributed by atoms with E-state index in [-0.39, 0.29) is 18.4 Å². The van der Waals surface area contributed by atoms with Crippen LogP contribution in [-0.2, 0) is 9.53 Å². The number of nitrogens with one attached hydrogen (secondary N) is 1. The molecular weight excluding hydrogens is 494 g/mol. The van der Waals surface area contributed by atoms with Crippen LogP contribution in [0.3, 0.4) is 0 Å². The molecule has 196 valence electrons. The van der Waals surface area contributed by atoms with Crippen LogP contribution in [0.5, 0.6) is 0 Å².